The number of rotatable bonds is 3. The Bertz CT molecular complexity index is 331. The van der Waals surface area contributed by atoms with Crippen LogP contribution in [0.15, 0.2) is 11.4 Å². The van der Waals surface area contributed by atoms with Crippen molar-refractivity contribution >= 4 is 11.3 Å². The van der Waals surface area contributed by atoms with Gasteiger partial charge in [0, 0.05) is 4.88 Å². The van der Waals surface area contributed by atoms with E-state index in [9.17, 15) is 5.11 Å². The van der Waals surface area contributed by atoms with Crippen molar-refractivity contribution in [3.8, 4) is 0 Å². The molecule has 0 aliphatic heterocycles. The van der Waals surface area contributed by atoms with Gasteiger partial charge in [0.05, 0.1) is 6.10 Å². The summed E-state index contributed by atoms with van der Waals surface area (Å²) in [5.74, 6) is 1.33. The van der Waals surface area contributed by atoms with E-state index in [0.29, 0.717) is 5.92 Å². The molecule has 0 aromatic carbocycles. The molecule has 0 bridgehead atoms. The Kier molecular flexibility index (Phi) is 4.04. The Labute approximate surface area is 103 Å². The smallest absolute Gasteiger partial charge is 0.0826 e. The maximum absolute atomic E-state index is 10.4. The van der Waals surface area contributed by atoms with Crippen molar-refractivity contribution in [1.29, 1.82) is 0 Å². The molecule has 1 aromatic heterocycles. The highest BCUT2D eigenvalue weighted by Gasteiger charge is 2.27. The molecule has 1 aliphatic rings. The zero-order valence-electron chi connectivity index (χ0n) is 10.3. The highest BCUT2D eigenvalue weighted by atomic mass is 32.1. The standard InChI is InChI=1S/C14H22OS/c1-3-11-5-4-6-12(8-11)14(15)13-7-10(2)16-9-13/h7,9,11-12,14-15H,3-6,8H2,1-2H3. The van der Waals surface area contributed by atoms with Gasteiger partial charge in [0.25, 0.3) is 0 Å². The molecule has 2 rings (SSSR count). The molecule has 1 aliphatic carbocycles. The highest BCUT2D eigenvalue weighted by molar-refractivity contribution is 7.10. The second-order valence-electron chi connectivity index (χ2n) is 5.14. The number of aryl methyl sites for hydroxylation is 1. The maximum Gasteiger partial charge on any atom is 0.0826 e. The summed E-state index contributed by atoms with van der Waals surface area (Å²) in [5, 5.41) is 12.5. The fourth-order valence-electron chi connectivity index (χ4n) is 2.88. The van der Waals surface area contributed by atoms with Crippen LogP contribution in [0.1, 0.15) is 55.6 Å². The van der Waals surface area contributed by atoms with Gasteiger partial charge in [-0.3, -0.25) is 0 Å². The number of aliphatic hydroxyl groups is 1. The molecular formula is C14H22OS. The summed E-state index contributed by atoms with van der Waals surface area (Å²) in [7, 11) is 0. The van der Waals surface area contributed by atoms with E-state index >= 15 is 0 Å². The van der Waals surface area contributed by atoms with Gasteiger partial charge in [0.15, 0.2) is 0 Å². The first-order valence-corrected chi connectivity index (χ1v) is 7.31. The van der Waals surface area contributed by atoms with Gasteiger partial charge in [-0.2, -0.15) is 0 Å². The minimum absolute atomic E-state index is 0.223. The number of hydrogen-bond acceptors (Lipinski definition) is 2. The molecule has 0 amide bonds. The van der Waals surface area contributed by atoms with E-state index in [1.54, 1.807) is 11.3 Å². The summed E-state index contributed by atoms with van der Waals surface area (Å²) in [5.41, 5.74) is 1.14. The lowest BCUT2D eigenvalue weighted by Crippen LogP contribution is -2.21. The molecule has 3 atom stereocenters. The van der Waals surface area contributed by atoms with Crippen molar-refractivity contribution in [2.45, 2.75) is 52.1 Å². The van der Waals surface area contributed by atoms with Crippen molar-refractivity contribution in [2.24, 2.45) is 11.8 Å². The second-order valence-corrected chi connectivity index (χ2v) is 6.25. The highest BCUT2D eigenvalue weighted by Crippen LogP contribution is 2.39. The molecule has 90 valence electrons. The maximum atomic E-state index is 10.4. The lowest BCUT2D eigenvalue weighted by atomic mass is 9.76. The van der Waals surface area contributed by atoms with Crippen molar-refractivity contribution in [3.05, 3.63) is 21.9 Å². The van der Waals surface area contributed by atoms with Crippen LogP contribution < -0.4 is 0 Å². The molecule has 2 heteroatoms. The van der Waals surface area contributed by atoms with Crippen molar-refractivity contribution < 1.29 is 5.11 Å². The number of aliphatic hydroxyl groups excluding tert-OH is 1. The molecule has 0 spiro atoms. The van der Waals surface area contributed by atoms with Crippen LogP contribution in [0.25, 0.3) is 0 Å². The molecule has 1 N–H and O–H groups in total. The van der Waals surface area contributed by atoms with Crippen LogP contribution in [0, 0.1) is 18.8 Å². The third kappa shape index (κ3) is 2.67. The Balaban J connectivity index is 2.01. The third-order valence-corrected chi connectivity index (χ3v) is 4.82. The van der Waals surface area contributed by atoms with Crippen LogP contribution in [0.3, 0.4) is 0 Å². The fourth-order valence-corrected chi connectivity index (χ4v) is 3.61. The minimum atomic E-state index is -0.223. The molecule has 16 heavy (non-hydrogen) atoms. The Morgan fingerprint density at radius 3 is 2.94 bits per heavy atom. The molecule has 0 radical (unpaired) electrons. The van der Waals surface area contributed by atoms with Crippen molar-refractivity contribution in [2.75, 3.05) is 0 Å². The molecule has 1 aromatic rings. The lowest BCUT2D eigenvalue weighted by Gasteiger charge is -2.31. The second kappa shape index (κ2) is 5.33. The molecule has 1 fully saturated rings. The van der Waals surface area contributed by atoms with E-state index in [-0.39, 0.29) is 6.10 Å². The average molecular weight is 238 g/mol. The number of thiophene rings is 1. The Hall–Kier alpha value is -0.340. The van der Waals surface area contributed by atoms with Crippen molar-refractivity contribution in [1.82, 2.24) is 0 Å². The molecule has 1 heterocycles. The predicted octanol–water partition coefficient (Wildman–Crippen LogP) is 4.31. The monoisotopic (exact) mass is 238 g/mol. The van der Waals surface area contributed by atoms with Gasteiger partial charge in [0.1, 0.15) is 0 Å². The summed E-state index contributed by atoms with van der Waals surface area (Å²) in [6.07, 6.45) is 6.12. The first-order valence-electron chi connectivity index (χ1n) is 6.43. The SMILES string of the molecule is CCC1CCCC(C(O)c2csc(C)c2)C1. The Morgan fingerprint density at radius 2 is 2.31 bits per heavy atom. The largest absolute Gasteiger partial charge is 0.388 e. The predicted molar refractivity (Wildman–Crippen MR) is 69.8 cm³/mol. The summed E-state index contributed by atoms with van der Waals surface area (Å²) in [6.45, 7) is 4.38. The summed E-state index contributed by atoms with van der Waals surface area (Å²) >= 11 is 1.74. The van der Waals surface area contributed by atoms with Crippen LogP contribution in [0.5, 0.6) is 0 Å². The lowest BCUT2D eigenvalue weighted by molar-refractivity contribution is 0.0681. The molecule has 1 saturated carbocycles. The molecule has 0 saturated heterocycles. The van der Waals surface area contributed by atoms with Gasteiger partial charge in [-0.05, 0) is 48.6 Å². The van der Waals surface area contributed by atoms with E-state index in [2.05, 4.69) is 25.3 Å². The summed E-state index contributed by atoms with van der Waals surface area (Å²) in [4.78, 5) is 1.30. The van der Waals surface area contributed by atoms with Crippen LogP contribution in [0.2, 0.25) is 0 Å². The zero-order valence-corrected chi connectivity index (χ0v) is 11.1. The van der Waals surface area contributed by atoms with Crippen LogP contribution in [0.4, 0.5) is 0 Å². The van der Waals surface area contributed by atoms with E-state index in [0.717, 1.165) is 11.5 Å². The van der Waals surface area contributed by atoms with E-state index < -0.39 is 0 Å². The quantitative estimate of drug-likeness (QED) is 0.832. The van der Waals surface area contributed by atoms with Crippen LogP contribution >= 0.6 is 11.3 Å². The Morgan fingerprint density at radius 1 is 1.50 bits per heavy atom. The number of hydrogen-bond donors (Lipinski definition) is 1. The summed E-state index contributed by atoms with van der Waals surface area (Å²) < 4.78 is 0. The topological polar surface area (TPSA) is 20.2 Å². The van der Waals surface area contributed by atoms with Gasteiger partial charge < -0.3 is 5.11 Å². The molecule has 3 unspecified atom stereocenters. The average Bonchev–Trinajstić information content (AvgIpc) is 2.75. The first-order chi connectivity index (χ1) is 7.70. The minimum Gasteiger partial charge on any atom is -0.388 e. The van der Waals surface area contributed by atoms with Gasteiger partial charge in [-0.15, -0.1) is 11.3 Å². The zero-order chi connectivity index (χ0) is 11.5. The van der Waals surface area contributed by atoms with Gasteiger partial charge in [-0.25, -0.2) is 0 Å². The van der Waals surface area contributed by atoms with E-state index in [1.165, 1.54) is 37.0 Å². The molecular weight excluding hydrogens is 216 g/mol. The summed E-state index contributed by atoms with van der Waals surface area (Å²) in [6, 6.07) is 2.14. The van der Waals surface area contributed by atoms with Gasteiger partial charge in [0.2, 0.25) is 0 Å². The third-order valence-electron chi connectivity index (χ3n) is 3.94. The van der Waals surface area contributed by atoms with Gasteiger partial charge >= 0.3 is 0 Å². The van der Waals surface area contributed by atoms with Crippen LogP contribution in [-0.2, 0) is 0 Å². The van der Waals surface area contributed by atoms with E-state index in [1.807, 2.05) is 0 Å². The normalized spacial score (nSPS) is 27.9. The fraction of sp³-hybridized carbons (Fsp3) is 0.714. The molecule has 1 nitrogen and oxygen atoms in total. The van der Waals surface area contributed by atoms with Crippen LogP contribution in [-0.4, -0.2) is 5.11 Å². The van der Waals surface area contributed by atoms with Gasteiger partial charge in [-0.1, -0.05) is 26.2 Å². The van der Waals surface area contributed by atoms with Crippen molar-refractivity contribution in [3.63, 3.8) is 0 Å². The van der Waals surface area contributed by atoms with E-state index in [4.69, 9.17) is 0 Å². The first kappa shape index (κ1) is 12.1.